The molecule has 2 N–H and O–H groups in total. The molecular formula is C13H15N3O5. The van der Waals surface area contributed by atoms with Crippen molar-refractivity contribution in [1.82, 2.24) is 4.90 Å². The number of nitrogens with zero attached hydrogens (tertiary/aromatic N) is 2. The predicted molar refractivity (Wildman–Crippen MR) is 74.1 cm³/mol. The second-order valence-electron chi connectivity index (χ2n) is 4.82. The first-order valence-electron chi connectivity index (χ1n) is 6.51. The van der Waals surface area contributed by atoms with Crippen molar-refractivity contribution in [2.45, 2.75) is 25.3 Å². The van der Waals surface area contributed by atoms with Crippen LogP contribution >= 0.6 is 0 Å². The van der Waals surface area contributed by atoms with E-state index in [2.05, 4.69) is 5.32 Å². The van der Waals surface area contributed by atoms with Gasteiger partial charge in [0.1, 0.15) is 0 Å². The van der Waals surface area contributed by atoms with Crippen molar-refractivity contribution in [3.63, 3.8) is 0 Å². The number of hydrogen-bond acceptors (Lipinski definition) is 4. The quantitative estimate of drug-likeness (QED) is 0.651. The van der Waals surface area contributed by atoms with E-state index in [9.17, 15) is 19.7 Å². The van der Waals surface area contributed by atoms with Crippen molar-refractivity contribution in [1.29, 1.82) is 0 Å². The maximum atomic E-state index is 12.1. The maximum absolute atomic E-state index is 12.1. The summed E-state index contributed by atoms with van der Waals surface area (Å²) in [6, 6.07) is 4.80. The Bertz CT molecular complexity index is 557. The van der Waals surface area contributed by atoms with Crippen molar-refractivity contribution in [3.8, 4) is 0 Å². The number of hydrogen-bond donors (Lipinski definition) is 2. The van der Waals surface area contributed by atoms with Gasteiger partial charge >= 0.3 is 12.0 Å². The average Bonchev–Trinajstić information content (AvgIpc) is 2.86. The van der Waals surface area contributed by atoms with E-state index in [1.165, 1.54) is 29.2 Å². The number of non-ortho nitro benzene ring substituents is 1. The Morgan fingerprint density at radius 1 is 1.38 bits per heavy atom. The second kappa shape index (κ2) is 6.21. The summed E-state index contributed by atoms with van der Waals surface area (Å²) in [7, 11) is 0. The van der Waals surface area contributed by atoms with Crippen LogP contribution in [0.1, 0.15) is 19.3 Å². The fraction of sp³-hybridized carbons (Fsp3) is 0.385. The number of urea groups is 1. The van der Waals surface area contributed by atoms with Crippen LogP contribution in [-0.2, 0) is 4.79 Å². The van der Waals surface area contributed by atoms with Crippen molar-refractivity contribution in [3.05, 3.63) is 34.4 Å². The minimum absolute atomic E-state index is 0.0575. The molecule has 8 nitrogen and oxygen atoms in total. The van der Waals surface area contributed by atoms with Crippen LogP contribution in [0.15, 0.2) is 24.3 Å². The lowest BCUT2D eigenvalue weighted by atomic mass is 10.1. The fourth-order valence-corrected chi connectivity index (χ4v) is 2.38. The molecule has 0 radical (unpaired) electrons. The molecule has 1 aliphatic heterocycles. The first kappa shape index (κ1) is 14.8. The van der Waals surface area contributed by atoms with Gasteiger partial charge in [0, 0.05) is 30.4 Å². The molecular weight excluding hydrogens is 278 g/mol. The number of carbonyl (C=O) groups excluding carboxylic acids is 1. The van der Waals surface area contributed by atoms with Gasteiger partial charge in [0.25, 0.3) is 5.69 Å². The van der Waals surface area contributed by atoms with Gasteiger partial charge in [0.05, 0.1) is 11.3 Å². The Labute approximate surface area is 120 Å². The molecule has 8 heteroatoms. The van der Waals surface area contributed by atoms with Gasteiger partial charge in [-0.15, -0.1) is 0 Å². The molecule has 1 unspecified atom stereocenters. The van der Waals surface area contributed by atoms with Crippen LogP contribution in [0.25, 0.3) is 0 Å². The second-order valence-corrected chi connectivity index (χ2v) is 4.82. The molecule has 2 amide bonds. The van der Waals surface area contributed by atoms with E-state index in [1.807, 2.05) is 0 Å². The number of amides is 2. The van der Waals surface area contributed by atoms with Crippen molar-refractivity contribution < 1.29 is 19.6 Å². The van der Waals surface area contributed by atoms with Gasteiger partial charge in [0.15, 0.2) is 0 Å². The molecule has 112 valence electrons. The van der Waals surface area contributed by atoms with E-state index >= 15 is 0 Å². The highest BCUT2D eigenvalue weighted by molar-refractivity contribution is 5.90. The van der Waals surface area contributed by atoms with Crippen molar-refractivity contribution in [2.24, 2.45) is 0 Å². The van der Waals surface area contributed by atoms with Gasteiger partial charge in [-0.1, -0.05) is 0 Å². The highest BCUT2D eigenvalue weighted by Crippen LogP contribution is 2.22. The Hall–Kier alpha value is -2.64. The maximum Gasteiger partial charge on any atom is 0.322 e. The van der Waals surface area contributed by atoms with Crippen LogP contribution in [0.5, 0.6) is 0 Å². The van der Waals surface area contributed by atoms with Crippen LogP contribution in [0.2, 0.25) is 0 Å². The van der Waals surface area contributed by atoms with E-state index in [-0.39, 0.29) is 24.2 Å². The zero-order chi connectivity index (χ0) is 15.4. The van der Waals surface area contributed by atoms with Crippen LogP contribution < -0.4 is 5.32 Å². The molecule has 1 heterocycles. The highest BCUT2D eigenvalue weighted by atomic mass is 16.6. The van der Waals surface area contributed by atoms with Gasteiger partial charge in [-0.05, 0) is 25.0 Å². The number of likely N-dealkylation sites (tertiary alicyclic amines) is 1. The van der Waals surface area contributed by atoms with E-state index in [0.717, 1.165) is 6.42 Å². The third-order valence-electron chi connectivity index (χ3n) is 3.38. The first-order chi connectivity index (χ1) is 9.97. The Morgan fingerprint density at radius 3 is 2.62 bits per heavy atom. The number of nitrogens with one attached hydrogen (secondary N) is 1. The van der Waals surface area contributed by atoms with Crippen LogP contribution in [0.4, 0.5) is 16.2 Å². The van der Waals surface area contributed by atoms with E-state index in [4.69, 9.17) is 5.11 Å². The lowest BCUT2D eigenvalue weighted by Gasteiger charge is -2.23. The number of aliphatic carboxylic acids is 1. The molecule has 2 rings (SSSR count). The summed E-state index contributed by atoms with van der Waals surface area (Å²) in [6.07, 6.45) is 1.36. The number of carboxylic acid groups (broad SMARTS) is 1. The molecule has 21 heavy (non-hydrogen) atoms. The number of carboxylic acids is 1. The summed E-state index contributed by atoms with van der Waals surface area (Å²) < 4.78 is 0. The highest BCUT2D eigenvalue weighted by Gasteiger charge is 2.30. The van der Waals surface area contributed by atoms with Crippen LogP contribution in [0.3, 0.4) is 0 Å². The largest absolute Gasteiger partial charge is 0.481 e. The summed E-state index contributed by atoms with van der Waals surface area (Å²) in [4.78, 5) is 34.4. The zero-order valence-electron chi connectivity index (χ0n) is 11.2. The summed E-state index contributed by atoms with van der Waals surface area (Å²) in [5, 5.41) is 22.0. The number of carbonyl (C=O) groups is 2. The fourth-order valence-electron chi connectivity index (χ4n) is 2.38. The third-order valence-corrected chi connectivity index (χ3v) is 3.38. The summed E-state index contributed by atoms with van der Waals surface area (Å²) in [5.41, 5.74) is 0.379. The Balaban J connectivity index is 2.00. The standard InChI is InChI=1S/C13H15N3O5/c17-12(18)8-11-2-1-7-15(11)13(19)14-9-3-5-10(6-4-9)16(20)21/h3-6,11H,1-2,7-8H2,(H,14,19)(H,17,18). The molecule has 0 aliphatic carbocycles. The average molecular weight is 293 g/mol. The minimum atomic E-state index is -0.935. The van der Waals surface area contributed by atoms with Gasteiger partial charge < -0.3 is 15.3 Å². The third kappa shape index (κ3) is 3.68. The molecule has 1 aliphatic rings. The molecule has 1 fully saturated rings. The molecule has 1 atom stereocenters. The van der Waals surface area contributed by atoms with Crippen LogP contribution in [-0.4, -0.2) is 39.5 Å². The number of benzene rings is 1. The number of nitro benzene ring substituents is 1. The smallest absolute Gasteiger partial charge is 0.322 e. The first-order valence-corrected chi connectivity index (χ1v) is 6.51. The van der Waals surface area contributed by atoms with E-state index in [0.29, 0.717) is 18.7 Å². The molecule has 1 aromatic rings. The van der Waals surface area contributed by atoms with E-state index < -0.39 is 10.9 Å². The SMILES string of the molecule is O=C(O)CC1CCCN1C(=O)Nc1ccc([N+](=O)[O-])cc1. The summed E-state index contributed by atoms with van der Waals surface area (Å²) >= 11 is 0. The predicted octanol–water partition coefficient (Wildman–Crippen LogP) is 2.07. The molecule has 0 saturated carbocycles. The lowest BCUT2D eigenvalue weighted by Crippen LogP contribution is -2.39. The number of nitro groups is 1. The topological polar surface area (TPSA) is 113 Å². The number of rotatable bonds is 4. The molecule has 1 aromatic carbocycles. The number of anilines is 1. The normalized spacial score (nSPS) is 17.5. The van der Waals surface area contributed by atoms with Gasteiger partial charge in [-0.2, -0.15) is 0 Å². The van der Waals surface area contributed by atoms with Crippen molar-refractivity contribution in [2.75, 3.05) is 11.9 Å². The summed E-state index contributed by atoms with van der Waals surface area (Å²) in [6.45, 7) is 0.511. The lowest BCUT2D eigenvalue weighted by molar-refractivity contribution is -0.384. The molecule has 0 spiro atoms. The van der Waals surface area contributed by atoms with Crippen molar-refractivity contribution >= 4 is 23.4 Å². The van der Waals surface area contributed by atoms with E-state index in [1.54, 1.807) is 0 Å². The monoisotopic (exact) mass is 293 g/mol. The molecule has 1 saturated heterocycles. The van der Waals surface area contributed by atoms with Gasteiger partial charge in [-0.3, -0.25) is 14.9 Å². The van der Waals surface area contributed by atoms with Gasteiger partial charge in [-0.25, -0.2) is 4.79 Å². The zero-order valence-corrected chi connectivity index (χ0v) is 11.2. The minimum Gasteiger partial charge on any atom is -0.481 e. The molecule has 0 aromatic heterocycles. The Morgan fingerprint density at radius 2 is 2.05 bits per heavy atom. The van der Waals surface area contributed by atoms with Gasteiger partial charge in [0.2, 0.25) is 0 Å². The Kier molecular flexibility index (Phi) is 4.36. The van der Waals surface area contributed by atoms with Crippen LogP contribution in [0, 0.1) is 10.1 Å². The molecule has 0 bridgehead atoms. The summed E-state index contributed by atoms with van der Waals surface area (Å²) in [5.74, 6) is -0.935.